The number of imide groups is 1. The number of hydrogen-bond acceptors (Lipinski definition) is 6. The van der Waals surface area contributed by atoms with E-state index in [1.165, 1.54) is 18.2 Å². The number of carbonyl (C=O) groups is 3. The van der Waals surface area contributed by atoms with E-state index in [1.54, 1.807) is 30.3 Å². The second kappa shape index (κ2) is 6.46. The van der Waals surface area contributed by atoms with Gasteiger partial charge in [-0.05, 0) is 29.8 Å². The van der Waals surface area contributed by atoms with Crippen LogP contribution in [-0.2, 0) is 16.9 Å². The Labute approximate surface area is 174 Å². The number of hydrogen-bond donors (Lipinski definition) is 2. The number of furan rings is 1. The van der Waals surface area contributed by atoms with Crippen LogP contribution in [0.1, 0.15) is 21.7 Å². The fourth-order valence-corrected chi connectivity index (χ4v) is 4.02. The molecule has 152 valence electrons. The summed E-state index contributed by atoms with van der Waals surface area (Å²) in [5, 5.41) is 5.85. The molecule has 2 aromatic heterocycles. The van der Waals surface area contributed by atoms with Gasteiger partial charge in [0.25, 0.3) is 11.8 Å². The molecular weight excluding hydrogens is 412 g/mol. The first-order valence-corrected chi connectivity index (χ1v) is 9.43. The Morgan fingerprint density at radius 2 is 2.10 bits per heavy atom. The normalized spacial score (nSPS) is 20.5. The van der Waals surface area contributed by atoms with Gasteiger partial charge in [-0.25, -0.2) is 9.78 Å². The first-order chi connectivity index (χ1) is 14.4. The molecule has 1 aromatic carbocycles. The lowest BCUT2D eigenvalue weighted by molar-refractivity contribution is -0.125. The van der Waals surface area contributed by atoms with Crippen LogP contribution in [0.15, 0.2) is 40.9 Å². The lowest BCUT2D eigenvalue weighted by Crippen LogP contribution is -2.52. The molecule has 2 aliphatic rings. The largest absolute Gasteiger partial charge is 0.497 e. The predicted octanol–water partition coefficient (Wildman–Crippen LogP) is 2.18. The Morgan fingerprint density at radius 3 is 2.83 bits per heavy atom. The Hall–Kier alpha value is -3.59. The molecule has 1 saturated heterocycles. The number of carbonyl (C=O) groups excluding carboxylic acids is 3. The highest BCUT2D eigenvalue weighted by Crippen LogP contribution is 2.35. The Morgan fingerprint density at radius 1 is 1.27 bits per heavy atom. The smallest absolute Gasteiger partial charge is 0.322 e. The maximum absolute atomic E-state index is 13.0. The zero-order valence-corrected chi connectivity index (χ0v) is 16.4. The van der Waals surface area contributed by atoms with Gasteiger partial charge in [-0.3, -0.25) is 14.9 Å². The predicted molar refractivity (Wildman–Crippen MR) is 105 cm³/mol. The minimum absolute atomic E-state index is 0.117. The molecule has 0 unspecified atom stereocenters. The number of ether oxygens (including phenoxy) is 1. The minimum Gasteiger partial charge on any atom is -0.497 e. The molecule has 1 fully saturated rings. The Balaban J connectivity index is 1.55. The van der Waals surface area contributed by atoms with Gasteiger partial charge in [0.05, 0.1) is 18.7 Å². The molecule has 3 aromatic rings. The van der Waals surface area contributed by atoms with E-state index in [2.05, 4.69) is 15.6 Å². The highest BCUT2D eigenvalue weighted by Gasteiger charge is 2.53. The van der Waals surface area contributed by atoms with E-state index in [-0.39, 0.29) is 30.5 Å². The average Bonchev–Trinajstić information content (AvgIpc) is 3.36. The molecule has 0 spiro atoms. The molecule has 1 atom stereocenters. The number of rotatable bonds is 4. The van der Waals surface area contributed by atoms with Crippen molar-refractivity contribution in [2.75, 3.05) is 13.7 Å². The van der Waals surface area contributed by atoms with Crippen LogP contribution in [-0.4, -0.2) is 41.4 Å². The van der Waals surface area contributed by atoms with Crippen molar-refractivity contribution in [3.8, 4) is 5.75 Å². The fourth-order valence-electron chi connectivity index (χ4n) is 3.85. The van der Waals surface area contributed by atoms with Crippen molar-refractivity contribution in [1.29, 1.82) is 0 Å². The summed E-state index contributed by atoms with van der Waals surface area (Å²) >= 11 is 5.99. The zero-order valence-electron chi connectivity index (χ0n) is 15.7. The summed E-state index contributed by atoms with van der Waals surface area (Å²) in [5.41, 5.74) is -0.0269. The molecule has 0 saturated carbocycles. The monoisotopic (exact) mass is 426 g/mol. The number of nitrogens with zero attached hydrogens (tertiary/aromatic N) is 2. The fraction of sp³-hybridized carbons (Fsp3) is 0.200. The van der Waals surface area contributed by atoms with Crippen LogP contribution in [0.3, 0.4) is 0 Å². The van der Waals surface area contributed by atoms with E-state index in [9.17, 15) is 14.4 Å². The molecule has 0 aliphatic carbocycles. The summed E-state index contributed by atoms with van der Waals surface area (Å²) < 4.78 is 11.0. The van der Waals surface area contributed by atoms with Gasteiger partial charge in [-0.15, -0.1) is 0 Å². The van der Waals surface area contributed by atoms with Crippen LogP contribution in [0.25, 0.3) is 11.1 Å². The van der Waals surface area contributed by atoms with Crippen LogP contribution in [0.4, 0.5) is 4.79 Å². The standard InChI is InChI=1S/C20H15ClN4O5/c1-29-13-3-2-10-8-25(17(26)14(10)6-13)9-20(18(27)23-19(28)24-20)15-5-11-4-12(21)7-22-16(11)30-15/h2-7H,8-9H2,1H3,(H2,23,24,27,28)/t20-/m0/s1. The van der Waals surface area contributed by atoms with Gasteiger partial charge >= 0.3 is 6.03 Å². The van der Waals surface area contributed by atoms with Crippen LogP contribution < -0.4 is 15.4 Å². The zero-order chi connectivity index (χ0) is 21.0. The van der Waals surface area contributed by atoms with Crippen molar-refractivity contribution >= 4 is 40.5 Å². The van der Waals surface area contributed by atoms with E-state index in [4.69, 9.17) is 20.8 Å². The number of nitrogens with one attached hydrogen (secondary N) is 2. The van der Waals surface area contributed by atoms with Crippen LogP contribution in [0, 0.1) is 0 Å². The summed E-state index contributed by atoms with van der Waals surface area (Å²) in [6.07, 6.45) is 1.42. The molecule has 2 N–H and O–H groups in total. The number of aromatic nitrogens is 1. The van der Waals surface area contributed by atoms with E-state index in [0.29, 0.717) is 21.7 Å². The van der Waals surface area contributed by atoms with Crippen molar-refractivity contribution in [2.45, 2.75) is 12.1 Å². The molecule has 5 rings (SSSR count). The topological polar surface area (TPSA) is 114 Å². The molecule has 0 radical (unpaired) electrons. The molecule has 10 heteroatoms. The average molecular weight is 427 g/mol. The SMILES string of the molecule is COc1ccc2c(c1)C(=O)N(C[C@@]1(c3cc4cc(Cl)cnc4o3)NC(=O)NC1=O)C2. The lowest BCUT2D eigenvalue weighted by Gasteiger charge is -2.28. The molecule has 9 nitrogen and oxygen atoms in total. The van der Waals surface area contributed by atoms with Gasteiger partial charge in [-0.1, -0.05) is 17.7 Å². The maximum atomic E-state index is 13.0. The number of benzene rings is 1. The molecule has 4 heterocycles. The molecule has 4 amide bonds. The van der Waals surface area contributed by atoms with Crippen molar-refractivity contribution in [3.05, 3.63) is 58.4 Å². The Kier molecular flexibility index (Phi) is 3.97. The maximum Gasteiger partial charge on any atom is 0.322 e. The number of fused-ring (bicyclic) bond motifs is 2. The first-order valence-electron chi connectivity index (χ1n) is 9.05. The third-order valence-electron chi connectivity index (χ3n) is 5.32. The van der Waals surface area contributed by atoms with E-state index < -0.39 is 17.5 Å². The highest BCUT2D eigenvalue weighted by atomic mass is 35.5. The third-order valence-corrected chi connectivity index (χ3v) is 5.53. The summed E-state index contributed by atoms with van der Waals surface area (Å²) in [6.45, 7) is 0.168. The number of methoxy groups -OCH3 is 1. The molecule has 2 aliphatic heterocycles. The van der Waals surface area contributed by atoms with Gasteiger partial charge in [0.1, 0.15) is 11.5 Å². The Bertz CT molecular complexity index is 1240. The van der Waals surface area contributed by atoms with Crippen molar-refractivity contribution in [3.63, 3.8) is 0 Å². The number of pyridine rings is 1. The lowest BCUT2D eigenvalue weighted by atomic mass is 9.95. The van der Waals surface area contributed by atoms with E-state index >= 15 is 0 Å². The number of amides is 4. The van der Waals surface area contributed by atoms with Crippen molar-refractivity contribution in [1.82, 2.24) is 20.5 Å². The van der Waals surface area contributed by atoms with Crippen LogP contribution in [0.2, 0.25) is 5.02 Å². The molecule has 30 heavy (non-hydrogen) atoms. The van der Waals surface area contributed by atoms with Crippen LogP contribution >= 0.6 is 11.6 Å². The number of urea groups is 1. The second-order valence-corrected chi connectivity index (χ2v) is 7.59. The second-order valence-electron chi connectivity index (χ2n) is 7.16. The van der Waals surface area contributed by atoms with Gasteiger partial charge in [0, 0.05) is 23.7 Å². The quantitative estimate of drug-likeness (QED) is 0.618. The first kappa shape index (κ1) is 18.4. The molecular formula is C20H15ClN4O5. The minimum atomic E-state index is -1.59. The van der Waals surface area contributed by atoms with E-state index in [0.717, 1.165) is 5.56 Å². The summed E-state index contributed by atoms with van der Waals surface area (Å²) in [4.78, 5) is 43.5. The van der Waals surface area contributed by atoms with Crippen LogP contribution in [0.5, 0.6) is 5.75 Å². The van der Waals surface area contributed by atoms with Crippen molar-refractivity contribution < 1.29 is 23.5 Å². The van der Waals surface area contributed by atoms with Gasteiger partial charge in [0.2, 0.25) is 5.71 Å². The van der Waals surface area contributed by atoms with Gasteiger partial charge in [-0.2, -0.15) is 0 Å². The molecule has 0 bridgehead atoms. The van der Waals surface area contributed by atoms with Gasteiger partial charge in [0.15, 0.2) is 5.54 Å². The summed E-state index contributed by atoms with van der Waals surface area (Å²) in [5.74, 6) is -0.156. The highest BCUT2D eigenvalue weighted by molar-refractivity contribution is 6.31. The third kappa shape index (κ3) is 2.70. The van der Waals surface area contributed by atoms with Crippen molar-refractivity contribution in [2.24, 2.45) is 0 Å². The van der Waals surface area contributed by atoms with Gasteiger partial charge < -0.3 is 19.4 Å². The van der Waals surface area contributed by atoms with E-state index in [1.807, 2.05) is 0 Å². The summed E-state index contributed by atoms with van der Waals surface area (Å²) in [6, 6.07) is 7.80. The number of halogens is 1. The summed E-state index contributed by atoms with van der Waals surface area (Å²) in [7, 11) is 1.52.